The fraction of sp³-hybridized carbons (Fsp3) is 0. The van der Waals surface area contributed by atoms with Crippen molar-refractivity contribution in [2.45, 2.75) is 0 Å². The highest BCUT2D eigenvalue weighted by Gasteiger charge is 2.11. The molecule has 3 heteroatoms. The topological polar surface area (TPSA) is 28.7 Å². The Bertz CT molecular complexity index is 910. The molecule has 0 fully saturated rings. The first-order chi connectivity index (χ1) is 9.83. The summed E-state index contributed by atoms with van der Waals surface area (Å²) >= 11 is 3.62. The predicted octanol–water partition coefficient (Wildman–Crippen LogP) is 5.15. The summed E-state index contributed by atoms with van der Waals surface area (Å²) in [5.74, 6) is 0.901. The quantitative estimate of drug-likeness (QED) is 0.516. The van der Waals surface area contributed by atoms with Crippen LogP contribution in [0.1, 0.15) is 0 Å². The number of benzene rings is 3. The van der Waals surface area contributed by atoms with Crippen LogP contribution in [0.15, 0.2) is 65.1 Å². The standard InChI is InChI=1S/C17H11BrN2/c18-14-10-12-8-4-5-9-13(12)15-16(14)20-17(19-15)11-6-2-1-3-7-11/h1-10H,(H,19,20). The van der Waals surface area contributed by atoms with E-state index in [1.54, 1.807) is 0 Å². The van der Waals surface area contributed by atoms with E-state index in [2.05, 4.69) is 63.4 Å². The molecule has 0 aliphatic heterocycles. The molecule has 0 saturated carbocycles. The van der Waals surface area contributed by atoms with Gasteiger partial charge in [-0.15, -0.1) is 0 Å². The summed E-state index contributed by atoms with van der Waals surface area (Å²) in [5, 5.41) is 2.40. The van der Waals surface area contributed by atoms with Crippen LogP contribution < -0.4 is 0 Å². The van der Waals surface area contributed by atoms with Gasteiger partial charge in [0.2, 0.25) is 0 Å². The van der Waals surface area contributed by atoms with E-state index in [9.17, 15) is 0 Å². The third kappa shape index (κ3) is 1.74. The van der Waals surface area contributed by atoms with Gasteiger partial charge in [-0.2, -0.15) is 0 Å². The van der Waals surface area contributed by atoms with Gasteiger partial charge < -0.3 is 4.98 Å². The molecule has 96 valence electrons. The summed E-state index contributed by atoms with van der Waals surface area (Å²) in [6, 6.07) is 20.6. The van der Waals surface area contributed by atoms with Crippen LogP contribution in [0.5, 0.6) is 0 Å². The molecule has 3 aromatic carbocycles. The zero-order valence-corrected chi connectivity index (χ0v) is 12.2. The molecule has 4 rings (SSSR count). The molecule has 1 N–H and O–H groups in total. The third-order valence-corrected chi connectivity index (χ3v) is 4.09. The van der Waals surface area contributed by atoms with Crippen LogP contribution in [0, 0.1) is 0 Å². The average molecular weight is 323 g/mol. The molecule has 1 aromatic heterocycles. The normalized spacial score (nSPS) is 11.2. The van der Waals surface area contributed by atoms with E-state index in [-0.39, 0.29) is 0 Å². The van der Waals surface area contributed by atoms with E-state index in [1.807, 2.05) is 18.2 Å². The molecule has 0 atom stereocenters. The SMILES string of the molecule is Brc1cc2ccccc2c2[nH]c(-c3ccccc3)nc12. The van der Waals surface area contributed by atoms with Crippen molar-refractivity contribution in [3.8, 4) is 11.4 Å². The Hall–Kier alpha value is -2.13. The zero-order chi connectivity index (χ0) is 13.5. The van der Waals surface area contributed by atoms with E-state index in [0.717, 1.165) is 26.9 Å². The maximum Gasteiger partial charge on any atom is 0.138 e. The van der Waals surface area contributed by atoms with Crippen LogP contribution in [-0.4, -0.2) is 9.97 Å². The lowest BCUT2D eigenvalue weighted by atomic mass is 10.1. The third-order valence-electron chi connectivity index (χ3n) is 3.49. The molecule has 20 heavy (non-hydrogen) atoms. The Morgan fingerprint density at radius 2 is 1.65 bits per heavy atom. The van der Waals surface area contributed by atoms with Gasteiger partial charge in [0.15, 0.2) is 0 Å². The largest absolute Gasteiger partial charge is 0.337 e. The summed E-state index contributed by atoms with van der Waals surface area (Å²) in [5.41, 5.74) is 3.15. The van der Waals surface area contributed by atoms with Gasteiger partial charge in [0.25, 0.3) is 0 Å². The second-order valence-corrected chi connectivity index (χ2v) is 5.61. The molecule has 0 amide bonds. The molecule has 2 nitrogen and oxygen atoms in total. The van der Waals surface area contributed by atoms with Crippen LogP contribution >= 0.6 is 15.9 Å². The Morgan fingerprint density at radius 1 is 0.900 bits per heavy atom. The maximum atomic E-state index is 4.73. The van der Waals surface area contributed by atoms with E-state index in [1.165, 1.54) is 10.8 Å². The van der Waals surface area contributed by atoms with Gasteiger partial charge in [-0.1, -0.05) is 54.6 Å². The molecule has 0 bridgehead atoms. The molecule has 0 aliphatic rings. The number of aromatic nitrogens is 2. The smallest absolute Gasteiger partial charge is 0.138 e. The number of rotatable bonds is 1. The van der Waals surface area contributed by atoms with Crippen molar-refractivity contribution in [3.05, 3.63) is 65.1 Å². The number of hydrogen-bond acceptors (Lipinski definition) is 1. The van der Waals surface area contributed by atoms with E-state index < -0.39 is 0 Å². The summed E-state index contributed by atoms with van der Waals surface area (Å²) in [6.45, 7) is 0. The van der Waals surface area contributed by atoms with Crippen molar-refractivity contribution >= 4 is 37.7 Å². The Balaban J connectivity index is 2.08. The minimum absolute atomic E-state index is 0.901. The molecule has 0 unspecified atom stereocenters. The van der Waals surface area contributed by atoms with Crippen LogP contribution in [-0.2, 0) is 0 Å². The maximum absolute atomic E-state index is 4.73. The summed E-state index contributed by atoms with van der Waals surface area (Å²) in [4.78, 5) is 8.18. The first kappa shape index (κ1) is 11.7. The number of hydrogen-bond donors (Lipinski definition) is 1. The fourth-order valence-electron chi connectivity index (χ4n) is 2.53. The lowest BCUT2D eigenvalue weighted by Gasteiger charge is -2.00. The van der Waals surface area contributed by atoms with Gasteiger partial charge in [-0.05, 0) is 27.4 Å². The first-order valence-electron chi connectivity index (χ1n) is 6.45. The van der Waals surface area contributed by atoms with Crippen molar-refractivity contribution < 1.29 is 0 Å². The van der Waals surface area contributed by atoms with Crippen LogP contribution in [0.25, 0.3) is 33.2 Å². The number of fused-ring (bicyclic) bond motifs is 3. The van der Waals surface area contributed by atoms with Crippen molar-refractivity contribution in [3.63, 3.8) is 0 Å². The number of nitrogens with one attached hydrogen (secondary N) is 1. The van der Waals surface area contributed by atoms with Crippen LogP contribution in [0.3, 0.4) is 0 Å². The van der Waals surface area contributed by atoms with Crippen molar-refractivity contribution in [1.82, 2.24) is 9.97 Å². The minimum atomic E-state index is 0.901. The molecular formula is C17H11BrN2. The number of nitrogens with zero attached hydrogens (tertiary/aromatic N) is 1. The highest BCUT2D eigenvalue weighted by Crippen LogP contribution is 2.32. The second kappa shape index (κ2) is 4.46. The number of aromatic amines is 1. The highest BCUT2D eigenvalue weighted by atomic mass is 79.9. The molecule has 0 radical (unpaired) electrons. The molecule has 4 aromatic rings. The lowest BCUT2D eigenvalue weighted by Crippen LogP contribution is -1.78. The molecule has 0 saturated heterocycles. The summed E-state index contributed by atoms with van der Waals surface area (Å²) in [6.07, 6.45) is 0. The van der Waals surface area contributed by atoms with Crippen molar-refractivity contribution in [2.75, 3.05) is 0 Å². The average Bonchev–Trinajstić information content (AvgIpc) is 2.94. The summed E-state index contributed by atoms with van der Waals surface area (Å²) in [7, 11) is 0. The highest BCUT2D eigenvalue weighted by molar-refractivity contribution is 9.10. The fourth-order valence-corrected chi connectivity index (χ4v) is 3.06. The first-order valence-corrected chi connectivity index (χ1v) is 7.24. The monoisotopic (exact) mass is 322 g/mol. The van der Waals surface area contributed by atoms with Gasteiger partial charge in [-0.3, -0.25) is 0 Å². The Kier molecular flexibility index (Phi) is 2.60. The van der Waals surface area contributed by atoms with Gasteiger partial charge in [0.05, 0.1) is 5.52 Å². The Morgan fingerprint density at radius 3 is 2.50 bits per heavy atom. The van der Waals surface area contributed by atoms with Crippen molar-refractivity contribution in [2.24, 2.45) is 0 Å². The lowest BCUT2D eigenvalue weighted by molar-refractivity contribution is 1.34. The van der Waals surface area contributed by atoms with Gasteiger partial charge in [0.1, 0.15) is 11.3 Å². The summed E-state index contributed by atoms with van der Waals surface area (Å²) < 4.78 is 1.02. The van der Waals surface area contributed by atoms with Crippen LogP contribution in [0.4, 0.5) is 0 Å². The van der Waals surface area contributed by atoms with Gasteiger partial charge in [-0.25, -0.2) is 4.98 Å². The van der Waals surface area contributed by atoms with Gasteiger partial charge in [0, 0.05) is 15.4 Å². The molecular weight excluding hydrogens is 312 g/mol. The van der Waals surface area contributed by atoms with E-state index in [4.69, 9.17) is 4.98 Å². The molecule has 1 heterocycles. The minimum Gasteiger partial charge on any atom is -0.337 e. The van der Waals surface area contributed by atoms with Crippen LogP contribution in [0.2, 0.25) is 0 Å². The van der Waals surface area contributed by atoms with Crippen molar-refractivity contribution in [1.29, 1.82) is 0 Å². The molecule has 0 spiro atoms. The molecule has 0 aliphatic carbocycles. The zero-order valence-electron chi connectivity index (χ0n) is 10.6. The number of imidazole rings is 1. The Labute approximate surface area is 124 Å². The van der Waals surface area contributed by atoms with Gasteiger partial charge >= 0.3 is 0 Å². The van der Waals surface area contributed by atoms with E-state index in [0.29, 0.717) is 0 Å². The predicted molar refractivity (Wildman–Crippen MR) is 86.7 cm³/mol. The second-order valence-electron chi connectivity index (χ2n) is 4.75. The van der Waals surface area contributed by atoms with E-state index >= 15 is 0 Å². The number of halogens is 1. The number of H-pyrrole nitrogens is 1.